The van der Waals surface area contributed by atoms with E-state index in [2.05, 4.69) is 4.98 Å². The highest BCUT2D eigenvalue weighted by Gasteiger charge is 2.25. The molecule has 1 amide bonds. The van der Waals surface area contributed by atoms with Gasteiger partial charge in [0.1, 0.15) is 16.6 Å². The fourth-order valence-corrected chi connectivity index (χ4v) is 3.28. The number of aromatic amines is 1. The van der Waals surface area contributed by atoms with Crippen molar-refractivity contribution in [2.24, 2.45) is 0 Å². The minimum absolute atomic E-state index is 0.154. The second kappa shape index (κ2) is 5.86. The normalized spacial score (nSPS) is 16.9. The number of carboxylic acid groups (broad SMARTS) is 1. The molecule has 0 bridgehead atoms. The molecule has 0 saturated carbocycles. The Morgan fingerprint density at radius 2 is 2.00 bits per heavy atom. The second-order valence-electron chi connectivity index (χ2n) is 4.93. The predicted octanol–water partition coefficient (Wildman–Crippen LogP) is 0.00210. The van der Waals surface area contributed by atoms with Gasteiger partial charge in [0, 0.05) is 19.3 Å². The molecule has 1 aromatic rings. The topological polar surface area (TPSA) is 120 Å². The number of aromatic nitrogens is 1. The fourth-order valence-electron chi connectivity index (χ4n) is 2.09. The number of carbonyl (C=O) groups excluding carboxylic acids is 1. The Labute approximate surface area is 122 Å². The number of carbonyl (C=O) groups is 2. The number of hydrogen-bond acceptors (Lipinski definition) is 4. The average Bonchev–Trinajstić information content (AvgIpc) is 3.09. The summed E-state index contributed by atoms with van der Waals surface area (Å²) >= 11 is 0. The van der Waals surface area contributed by atoms with Gasteiger partial charge in [-0.15, -0.1) is 0 Å². The zero-order valence-electron chi connectivity index (χ0n) is 11.5. The number of nitrogens with one attached hydrogen (secondary N) is 2. The smallest absolute Gasteiger partial charge is 0.321 e. The molecule has 1 aromatic heterocycles. The molecule has 2 rings (SSSR count). The summed E-state index contributed by atoms with van der Waals surface area (Å²) in [5.41, 5.74) is 0.181. The summed E-state index contributed by atoms with van der Waals surface area (Å²) in [6.45, 7) is 2.55. The molecule has 3 N–H and O–H groups in total. The van der Waals surface area contributed by atoms with Gasteiger partial charge in [-0.05, 0) is 25.8 Å². The van der Waals surface area contributed by atoms with Crippen molar-refractivity contribution in [1.82, 2.24) is 14.6 Å². The number of hydrogen-bond donors (Lipinski definition) is 3. The summed E-state index contributed by atoms with van der Waals surface area (Å²) in [6, 6.07) is -0.0278. The molecule has 2 heterocycles. The summed E-state index contributed by atoms with van der Waals surface area (Å²) < 4.78 is 26.0. The maximum Gasteiger partial charge on any atom is 0.321 e. The lowest BCUT2D eigenvalue weighted by molar-refractivity contribution is -0.138. The van der Waals surface area contributed by atoms with E-state index < -0.39 is 22.0 Å². The predicted molar refractivity (Wildman–Crippen MR) is 73.3 cm³/mol. The summed E-state index contributed by atoms with van der Waals surface area (Å²) in [5.74, 6) is -1.53. The highest BCUT2D eigenvalue weighted by atomic mass is 32.2. The largest absolute Gasteiger partial charge is 0.480 e. The number of amides is 1. The van der Waals surface area contributed by atoms with E-state index in [0.717, 1.165) is 12.8 Å². The van der Waals surface area contributed by atoms with Gasteiger partial charge in [-0.1, -0.05) is 0 Å². The van der Waals surface area contributed by atoms with Crippen LogP contribution in [0.25, 0.3) is 0 Å². The standard InChI is InChI=1S/C12H17N3O5S/c1-8(12(17)18)14-21(19,20)9-6-10(13-7-9)11(16)15-4-2-3-5-15/h6-8,13-14H,2-5H2,1H3,(H,17,18). The van der Waals surface area contributed by atoms with Crippen LogP contribution in [0, 0.1) is 0 Å². The van der Waals surface area contributed by atoms with Gasteiger partial charge in [0.2, 0.25) is 10.0 Å². The molecule has 1 unspecified atom stereocenters. The zero-order chi connectivity index (χ0) is 15.6. The van der Waals surface area contributed by atoms with Crippen molar-refractivity contribution in [3.05, 3.63) is 18.0 Å². The molecule has 0 aromatic carbocycles. The second-order valence-corrected chi connectivity index (χ2v) is 6.64. The Balaban J connectivity index is 2.15. The molecule has 21 heavy (non-hydrogen) atoms. The van der Waals surface area contributed by atoms with Gasteiger partial charge in [-0.25, -0.2) is 8.42 Å². The van der Waals surface area contributed by atoms with E-state index in [1.165, 1.54) is 19.2 Å². The van der Waals surface area contributed by atoms with Crippen LogP contribution in [0.3, 0.4) is 0 Å². The van der Waals surface area contributed by atoms with E-state index in [0.29, 0.717) is 13.1 Å². The number of likely N-dealkylation sites (tertiary alicyclic amines) is 1. The molecule has 116 valence electrons. The Hall–Kier alpha value is -1.87. The fraction of sp³-hybridized carbons (Fsp3) is 0.500. The number of carboxylic acids is 1. The summed E-state index contributed by atoms with van der Waals surface area (Å²) in [6.07, 6.45) is 3.06. The van der Waals surface area contributed by atoms with Crippen LogP contribution >= 0.6 is 0 Å². The van der Waals surface area contributed by atoms with Crippen molar-refractivity contribution < 1.29 is 23.1 Å². The summed E-state index contributed by atoms with van der Waals surface area (Å²) in [7, 11) is -3.97. The molecule has 0 spiro atoms. The number of sulfonamides is 1. The van der Waals surface area contributed by atoms with Crippen LogP contribution in [0.15, 0.2) is 17.2 Å². The average molecular weight is 315 g/mol. The van der Waals surface area contributed by atoms with Crippen molar-refractivity contribution in [1.29, 1.82) is 0 Å². The van der Waals surface area contributed by atoms with Crippen molar-refractivity contribution in [3.8, 4) is 0 Å². The molecule has 0 radical (unpaired) electrons. The van der Waals surface area contributed by atoms with Gasteiger partial charge >= 0.3 is 5.97 Å². The zero-order valence-corrected chi connectivity index (χ0v) is 12.3. The highest BCUT2D eigenvalue weighted by molar-refractivity contribution is 7.89. The van der Waals surface area contributed by atoms with Crippen molar-refractivity contribution in [3.63, 3.8) is 0 Å². The van der Waals surface area contributed by atoms with Crippen LogP contribution in [-0.2, 0) is 14.8 Å². The maximum absolute atomic E-state index is 12.1. The van der Waals surface area contributed by atoms with Crippen molar-refractivity contribution in [2.45, 2.75) is 30.7 Å². The van der Waals surface area contributed by atoms with Crippen LogP contribution in [-0.4, -0.2) is 54.4 Å². The monoisotopic (exact) mass is 315 g/mol. The Morgan fingerprint density at radius 1 is 1.38 bits per heavy atom. The molecule has 1 fully saturated rings. The van der Waals surface area contributed by atoms with E-state index in [9.17, 15) is 18.0 Å². The molecule has 0 aliphatic carbocycles. The van der Waals surface area contributed by atoms with E-state index >= 15 is 0 Å². The lowest BCUT2D eigenvalue weighted by atomic mass is 10.4. The van der Waals surface area contributed by atoms with Crippen molar-refractivity contribution >= 4 is 21.9 Å². The van der Waals surface area contributed by atoms with Crippen LogP contribution < -0.4 is 4.72 Å². The Kier molecular flexibility index (Phi) is 4.33. The third-order valence-electron chi connectivity index (χ3n) is 3.29. The Morgan fingerprint density at radius 3 is 2.57 bits per heavy atom. The van der Waals surface area contributed by atoms with Crippen LogP contribution in [0.2, 0.25) is 0 Å². The van der Waals surface area contributed by atoms with Gasteiger partial charge in [0.15, 0.2) is 0 Å². The number of rotatable bonds is 5. The quantitative estimate of drug-likeness (QED) is 0.706. The van der Waals surface area contributed by atoms with E-state index in [1.807, 2.05) is 4.72 Å². The molecular formula is C12H17N3O5S. The summed E-state index contributed by atoms with van der Waals surface area (Å²) in [5, 5.41) is 8.73. The molecule has 1 atom stereocenters. The van der Waals surface area contributed by atoms with Gasteiger partial charge in [0.25, 0.3) is 5.91 Å². The van der Waals surface area contributed by atoms with E-state index in [-0.39, 0.29) is 16.5 Å². The molecular weight excluding hydrogens is 298 g/mol. The first-order valence-electron chi connectivity index (χ1n) is 6.54. The maximum atomic E-state index is 12.1. The van der Waals surface area contributed by atoms with Gasteiger partial charge < -0.3 is 15.0 Å². The minimum Gasteiger partial charge on any atom is -0.480 e. The lowest BCUT2D eigenvalue weighted by Crippen LogP contribution is -2.38. The highest BCUT2D eigenvalue weighted by Crippen LogP contribution is 2.16. The first-order valence-corrected chi connectivity index (χ1v) is 8.02. The first-order chi connectivity index (χ1) is 9.81. The number of nitrogens with zero attached hydrogens (tertiary/aromatic N) is 1. The number of H-pyrrole nitrogens is 1. The molecule has 9 heteroatoms. The number of aliphatic carboxylic acids is 1. The molecule has 1 aliphatic rings. The first kappa shape index (κ1) is 15.5. The van der Waals surface area contributed by atoms with E-state index in [4.69, 9.17) is 5.11 Å². The van der Waals surface area contributed by atoms with Gasteiger partial charge in [-0.2, -0.15) is 4.72 Å². The third-order valence-corrected chi connectivity index (χ3v) is 4.81. The van der Waals surface area contributed by atoms with Crippen LogP contribution in [0.4, 0.5) is 0 Å². The SMILES string of the molecule is CC(NS(=O)(=O)c1c[nH]c(C(=O)N2CCCC2)c1)C(=O)O. The van der Waals surface area contributed by atoms with Gasteiger partial charge in [-0.3, -0.25) is 9.59 Å². The minimum atomic E-state index is -3.97. The molecule has 8 nitrogen and oxygen atoms in total. The van der Waals surface area contributed by atoms with Crippen molar-refractivity contribution in [2.75, 3.05) is 13.1 Å². The van der Waals surface area contributed by atoms with Gasteiger partial charge in [0.05, 0.1) is 0 Å². The van der Waals surface area contributed by atoms with Crippen LogP contribution in [0.1, 0.15) is 30.3 Å². The van der Waals surface area contributed by atoms with E-state index in [1.54, 1.807) is 4.90 Å². The Bertz CT molecular complexity index is 646. The molecule has 1 saturated heterocycles. The summed E-state index contributed by atoms with van der Waals surface area (Å²) in [4.78, 5) is 26.9. The lowest BCUT2D eigenvalue weighted by Gasteiger charge is -2.13. The molecule has 1 aliphatic heterocycles. The van der Waals surface area contributed by atoms with Crippen LogP contribution in [0.5, 0.6) is 0 Å². The third kappa shape index (κ3) is 3.42.